The summed E-state index contributed by atoms with van der Waals surface area (Å²) >= 11 is 0. The molecule has 0 aromatic heterocycles. The zero-order valence-corrected chi connectivity index (χ0v) is 15.5. The van der Waals surface area contributed by atoms with Crippen molar-refractivity contribution < 1.29 is 18.1 Å². The van der Waals surface area contributed by atoms with E-state index < -0.39 is 14.9 Å². The molecule has 0 aliphatic heterocycles. The number of nitro groups is 1. The third kappa shape index (κ3) is 4.15. The van der Waals surface area contributed by atoms with Crippen LogP contribution in [0.5, 0.6) is 0 Å². The van der Waals surface area contributed by atoms with E-state index >= 15 is 0 Å². The molecule has 3 rings (SSSR count). The molecule has 0 radical (unpaired) electrons. The number of benzene rings is 2. The summed E-state index contributed by atoms with van der Waals surface area (Å²) < 4.78 is 27.4. The van der Waals surface area contributed by atoms with Crippen LogP contribution in [0.3, 0.4) is 0 Å². The molecule has 0 saturated heterocycles. The molecule has 9 heteroatoms. The minimum absolute atomic E-state index is 0.0296. The summed E-state index contributed by atoms with van der Waals surface area (Å²) in [5.41, 5.74) is 1.11. The summed E-state index contributed by atoms with van der Waals surface area (Å²) in [6, 6.07) is 11.6. The average Bonchev–Trinajstić information content (AvgIpc) is 3.50. The Kier molecular flexibility index (Phi) is 5.24. The smallest absolute Gasteiger partial charge is 0.269 e. The van der Waals surface area contributed by atoms with Crippen molar-refractivity contribution in [3.63, 3.8) is 0 Å². The van der Waals surface area contributed by atoms with Crippen molar-refractivity contribution in [2.24, 2.45) is 0 Å². The fourth-order valence-electron chi connectivity index (χ4n) is 2.73. The maximum Gasteiger partial charge on any atom is 0.269 e. The zero-order chi connectivity index (χ0) is 19.6. The van der Waals surface area contributed by atoms with Crippen molar-refractivity contribution in [1.82, 2.24) is 9.62 Å². The van der Waals surface area contributed by atoms with Crippen molar-refractivity contribution in [3.05, 3.63) is 69.8 Å². The van der Waals surface area contributed by atoms with Crippen molar-refractivity contribution in [3.8, 4) is 0 Å². The van der Waals surface area contributed by atoms with Gasteiger partial charge in [-0.15, -0.1) is 0 Å². The van der Waals surface area contributed by atoms with E-state index in [0.717, 1.165) is 18.4 Å². The number of nitro benzene ring substituents is 1. The first kappa shape index (κ1) is 19.0. The molecule has 1 aliphatic carbocycles. The van der Waals surface area contributed by atoms with Gasteiger partial charge in [-0.3, -0.25) is 14.9 Å². The molecule has 142 valence electrons. The lowest BCUT2D eigenvalue weighted by molar-refractivity contribution is -0.384. The summed E-state index contributed by atoms with van der Waals surface area (Å²) in [6.45, 7) is 0.179. The number of sulfonamides is 1. The van der Waals surface area contributed by atoms with E-state index in [2.05, 4.69) is 5.32 Å². The number of nitrogens with one attached hydrogen (secondary N) is 1. The zero-order valence-electron chi connectivity index (χ0n) is 14.7. The molecule has 0 atom stereocenters. The number of carbonyl (C=O) groups is 1. The highest BCUT2D eigenvalue weighted by Crippen LogP contribution is 2.34. The molecular weight excluding hydrogens is 370 g/mol. The van der Waals surface area contributed by atoms with Gasteiger partial charge in [-0.25, -0.2) is 8.42 Å². The normalized spacial score (nSPS) is 14.1. The second-order valence-corrected chi connectivity index (χ2v) is 8.20. The molecule has 0 bridgehead atoms. The summed E-state index contributed by atoms with van der Waals surface area (Å²) in [5.74, 6) is -0.209. The Labute approximate surface area is 157 Å². The Morgan fingerprint density at radius 2 is 1.74 bits per heavy atom. The van der Waals surface area contributed by atoms with Crippen molar-refractivity contribution in [2.45, 2.75) is 30.3 Å². The van der Waals surface area contributed by atoms with Crippen LogP contribution in [0.1, 0.15) is 28.8 Å². The van der Waals surface area contributed by atoms with Crippen LogP contribution in [0.15, 0.2) is 53.4 Å². The van der Waals surface area contributed by atoms with E-state index in [9.17, 15) is 23.3 Å². The third-order valence-corrected chi connectivity index (χ3v) is 6.30. The monoisotopic (exact) mass is 389 g/mol. The Hall–Kier alpha value is -2.78. The SMILES string of the molecule is CNC(=O)c1ccc(CN(C2CC2)S(=O)(=O)c2ccc([N+](=O)[O-])cc2)cc1. The average molecular weight is 389 g/mol. The molecule has 0 spiro atoms. The number of hydrogen-bond donors (Lipinski definition) is 1. The minimum Gasteiger partial charge on any atom is -0.355 e. The number of non-ortho nitro benzene ring substituents is 1. The molecule has 0 heterocycles. The fraction of sp³-hybridized carbons (Fsp3) is 0.278. The van der Waals surface area contributed by atoms with E-state index in [1.807, 2.05) is 0 Å². The highest BCUT2D eigenvalue weighted by molar-refractivity contribution is 7.89. The Morgan fingerprint density at radius 3 is 2.22 bits per heavy atom. The summed E-state index contributed by atoms with van der Waals surface area (Å²) in [6.07, 6.45) is 1.56. The van der Waals surface area contributed by atoms with Gasteiger partial charge in [0.1, 0.15) is 0 Å². The third-order valence-electron chi connectivity index (χ3n) is 4.39. The minimum atomic E-state index is -3.78. The van der Waals surface area contributed by atoms with Gasteiger partial charge in [0.25, 0.3) is 11.6 Å². The molecule has 1 N–H and O–H groups in total. The lowest BCUT2D eigenvalue weighted by Crippen LogP contribution is -2.32. The topological polar surface area (TPSA) is 110 Å². The quantitative estimate of drug-likeness (QED) is 0.577. The number of rotatable bonds is 7. The van der Waals surface area contributed by atoms with Crippen molar-refractivity contribution in [2.75, 3.05) is 7.05 Å². The van der Waals surface area contributed by atoms with Crippen LogP contribution in [0.2, 0.25) is 0 Å². The molecule has 2 aromatic rings. The molecule has 2 aromatic carbocycles. The molecule has 1 amide bonds. The molecule has 1 saturated carbocycles. The van der Waals surface area contributed by atoms with Gasteiger partial charge in [0.05, 0.1) is 9.82 Å². The second-order valence-electron chi connectivity index (χ2n) is 6.31. The van der Waals surface area contributed by atoms with Crippen LogP contribution in [0.4, 0.5) is 5.69 Å². The van der Waals surface area contributed by atoms with Gasteiger partial charge in [-0.2, -0.15) is 4.31 Å². The summed E-state index contributed by atoms with van der Waals surface area (Å²) in [7, 11) is -2.23. The summed E-state index contributed by atoms with van der Waals surface area (Å²) in [5, 5.41) is 13.3. The van der Waals surface area contributed by atoms with Crippen LogP contribution >= 0.6 is 0 Å². The van der Waals surface area contributed by atoms with Gasteiger partial charge < -0.3 is 5.32 Å². The van der Waals surface area contributed by atoms with Crippen LogP contribution < -0.4 is 5.32 Å². The number of carbonyl (C=O) groups excluding carboxylic acids is 1. The first-order valence-electron chi connectivity index (χ1n) is 8.40. The molecule has 0 unspecified atom stereocenters. The van der Waals surface area contributed by atoms with Gasteiger partial charge in [-0.05, 0) is 42.7 Å². The number of amides is 1. The van der Waals surface area contributed by atoms with Gasteiger partial charge in [-0.1, -0.05) is 12.1 Å². The lowest BCUT2D eigenvalue weighted by atomic mass is 10.1. The predicted octanol–water partition coefficient (Wildman–Crippen LogP) is 2.31. The molecular formula is C18H19N3O5S. The fourth-order valence-corrected chi connectivity index (χ4v) is 4.41. The van der Waals surface area contributed by atoms with E-state index in [4.69, 9.17) is 0 Å². The highest BCUT2D eigenvalue weighted by Gasteiger charge is 2.38. The first-order chi connectivity index (χ1) is 12.8. The second kappa shape index (κ2) is 7.45. The van der Waals surface area contributed by atoms with Gasteiger partial charge in [0.15, 0.2) is 0 Å². The largest absolute Gasteiger partial charge is 0.355 e. The first-order valence-corrected chi connectivity index (χ1v) is 9.84. The van der Waals surface area contributed by atoms with Gasteiger partial charge >= 0.3 is 0 Å². The molecule has 8 nitrogen and oxygen atoms in total. The maximum atomic E-state index is 13.0. The highest BCUT2D eigenvalue weighted by atomic mass is 32.2. The van der Waals surface area contributed by atoms with Crippen molar-refractivity contribution >= 4 is 21.6 Å². The van der Waals surface area contributed by atoms with Crippen LogP contribution in [0, 0.1) is 10.1 Å². The molecule has 27 heavy (non-hydrogen) atoms. The predicted molar refractivity (Wildman–Crippen MR) is 98.7 cm³/mol. The molecule has 1 fully saturated rings. The Bertz CT molecular complexity index is 951. The summed E-state index contributed by atoms with van der Waals surface area (Å²) in [4.78, 5) is 21.9. The van der Waals surface area contributed by atoms with E-state index in [-0.39, 0.29) is 29.1 Å². The van der Waals surface area contributed by atoms with Gasteiger partial charge in [0.2, 0.25) is 10.0 Å². The maximum absolute atomic E-state index is 13.0. The number of hydrogen-bond acceptors (Lipinski definition) is 5. The lowest BCUT2D eigenvalue weighted by Gasteiger charge is -2.22. The van der Waals surface area contributed by atoms with Crippen molar-refractivity contribution in [1.29, 1.82) is 0 Å². The Balaban J connectivity index is 1.84. The van der Waals surface area contributed by atoms with E-state index in [0.29, 0.717) is 5.56 Å². The molecule has 1 aliphatic rings. The van der Waals surface area contributed by atoms with E-state index in [1.165, 1.54) is 28.6 Å². The van der Waals surface area contributed by atoms with Crippen LogP contribution in [0.25, 0.3) is 0 Å². The van der Waals surface area contributed by atoms with Crippen LogP contribution in [-0.2, 0) is 16.6 Å². The van der Waals surface area contributed by atoms with Gasteiger partial charge in [0, 0.05) is 37.3 Å². The van der Waals surface area contributed by atoms with E-state index in [1.54, 1.807) is 31.3 Å². The van der Waals surface area contributed by atoms with Crippen LogP contribution in [-0.4, -0.2) is 36.6 Å². The standard InChI is InChI=1S/C18H19N3O5S/c1-19-18(22)14-4-2-13(3-5-14)12-20(15-6-7-15)27(25,26)17-10-8-16(9-11-17)21(23)24/h2-5,8-11,15H,6-7,12H2,1H3,(H,19,22). The Morgan fingerprint density at radius 1 is 1.15 bits per heavy atom. The number of nitrogens with zero attached hydrogens (tertiary/aromatic N) is 2.